The molecule has 11 heteroatoms. The molecule has 37 heavy (non-hydrogen) atoms. The molecule has 4 rings (SSSR count). The van der Waals surface area contributed by atoms with Crippen LogP contribution in [0.4, 0.5) is 4.79 Å². The Labute approximate surface area is 215 Å². The Hall–Kier alpha value is -3.88. The van der Waals surface area contributed by atoms with Crippen molar-refractivity contribution in [3.8, 4) is 11.8 Å². The SMILES string of the molecule is CC(C)(C)OC(=O)NS(=O)(=O)NCCOc1ccc2c(c1)C(C)(C)c1[nH]c3cc(C#N)ccc3c1C2=O. The molecule has 1 aliphatic carbocycles. The van der Waals surface area contributed by atoms with Crippen molar-refractivity contribution in [1.29, 1.82) is 5.26 Å². The Kier molecular flexibility index (Phi) is 6.52. The van der Waals surface area contributed by atoms with E-state index < -0.39 is 27.3 Å². The average molecular weight is 525 g/mol. The molecule has 0 radical (unpaired) electrons. The van der Waals surface area contributed by atoms with E-state index >= 15 is 0 Å². The number of aromatic amines is 1. The van der Waals surface area contributed by atoms with Gasteiger partial charge >= 0.3 is 16.3 Å². The molecule has 0 saturated carbocycles. The highest BCUT2D eigenvalue weighted by atomic mass is 32.2. The van der Waals surface area contributed by atoms with E-state index in [2.05, 4.69) is 15.8 Å². The Morgan fingerprint density at radius 3 is 2.57 bits per heavy atom. The first-order valence-corrected chi connectivity index (χ1v) is 13.1. The van der Waals surface area contributed by atoms with Gasteiger partial charge < -0.3 is 14.5 Å². The van der Waals surface area contributed by atoms with Crippen molar-refractivity contribution in [2.45, 2.75) is 45.6 Å². The quantitative estimate of drug-likeness (QED) is 0.417. The zero-order chi connectivity index (χ0) is 27.2. The van der Waals surface area contributed by atoms with E-state index in [1.54, 1.807) is 61.9 Å². The van der Waals surface area contributed by atoms with Gasteiger partial charge in [0.15, 0.2) is 5.78 Å². The molecular weight excluding hydrogens is 496 g/mol. The van der Waals surface area contributed by atoms with Gasteiger partial charge in [-0.3, -0.25) is 4.79 Å². The molecule has 0 bridgehead atoms. The van der Waals surface area contributed by atoms with Crippen LogP contribution in [0.3, 0.4) is 0 Å². The normalized spacial score (nSPS) is 14.4. The second kappa shape index (κ2) is 9.21. The lowest BCUT2D eigenvalue weighted by molar-refractivity contribution is 0.0569. The zero-order valence-electron chi connectivity index (χ0n) is 21.2. The summed E-state index contributed by atoms with van der Waals surface area (Å²) in [4.78, 5) is 28.5. The number of carbonyl (C=O) groups is 2. The molecule has 3 aromatic rings. The summed E-state index contributed by atoms with van der Waals surface area (Å²) in [6.45, 7) is 8.74. The van der Waals surface area contributed by atoms with Crippen molar-refractivity contribution in [2.75, 3.05) is 13.2 Å². The van der Waals surface area contributed by atoms with Crippen LogP contribution in [0.25, 0.3) is 10.9 Å². The van der Waals surface area contributed by atoms with E-state index in [4.69, 9.17) is 9.47 Å². The van der Waals surface area contributed by atoms with E-state index in [-0.39, 0.29) is 18.9 Å². The number of aromatic nitrogens is 1. The summed E-state index contributed by atoms with van der Waals surface area (Å²) in [5.74, 6) is 0.345. The number of amides is 1. The number of hydrogen-bond acceptors (Lipinski definition) is 7. The van der Waals surface area contributed by atoms with Crippen LogP contribution in [0, 0.1) is 11.3 Å². The summed E-state index contributed by atoms with van der Waals surface area (Å²) in [5.41, 5.74) is 2.49. The highest BCUT2D eigenvalue weighted by Crippen LogP contribution is 2.44. The minimum atomic E-state index is -4.12. The van der Waals surface area contributed by atoms with Crippen molar-refractivity contribution < 1.29 is 27.5 Å². The first kappa shape index (κ1) is 26.2. The number of rotatable bonds is 6. The van der Waals surface area contributed by atoms with Crippen LogP contribution < -0.4 is 14.2 Å². The van der Waals surface area contributed by atoms with Crippen molar-refractivity contribution in [2.24, 2.45) is 0 Å². The summed E-state index contributed by atoms with van der Waals surface area (Å²) in [7, 11) is -4.12. The lowest BCUT2D eigenvalue weighted by atomic mass is 9.71. The Morgan fingerprint density at radius 2 is 1.89 bits per heavy atom. The number of carbonyl (C=O) groups excluding carboxylic acids is 2. The van der Waals surface area contributed by atoms with Crippen LogP contribution in [0.1, 0.15) is 67.4 Å². The summed E-state index contributed by atoms with van der Waals surface area (Å²) in [5, 5.41) is 10.0. The predicted octanol–water partition coefficient (Wildman–Crippen LogP) is 3.65. The minimum absolute atomic E-state index is 0.0169. The molecular formula is C26H28N4O6S. The predicted molar refractivity (Wildman–Crippen MR) is 137 cm³/mol. The van der Waals surface area contributed by atoms with E-state index in [1.807, 2.05) is 13.8 Å². The van der Waals surface area contributed by atoms with Gasteiger partial charge in [-0.05, 0) is 56.7 Å². The molecule has 3 N–H and O–H groups in total. The van der Waals surface area contributed by atoms with Crippen molar-refractivity contribution in [3.05, 3.63) is 64.3 Å². The monoisotopic (exact) mass is 524 g/mol. The molecule has 0 fully saturated rings. The van der Waals surface area contributed by atoms with Crippen molar-refractivity contribution in [3.63, 3.8) is 0 Å². The number of H-pyrrole nitrogens is 1. The third-order valence-corrected chi connectivity index (χ3v) is 6.99. The van der Waals surface area contributed by atoms with Crippen molar-refractivity contribution in [1.82, 2.24) is 14.4 Å². The summed E-state index contributed by atoms with van der Waals surface area (Å²) in [6.07, 6.45) is -1.08. The second-order valence-corrected chi connectivity index (χ2v) is 11.8. The fraction of sp³-hybridized carbons (Fsp3) is 0.346. The largest absolute Gasteiger partial charge is 0.492 e. The third-order valence-electron chi connectivity index (χ3n) is 5.97. The number of fused-ring (bicyclic) bond motifs is 4. The fourth-order valence-electron chi connectivity index (χ4n) is 4.36. The molecule has 0 atom stereocenters. The molecule has 1 aromatic heterocycles. The van der Waals surface area contributed by atoms with E-state index in [1.165, 1.54) is 0 Å². The van der Waals surface area contributed by atoms with Gasteiger partial charge in [-0.25, -0.2) is 9.52 Å². The number of ether oxygens (including phenoxy) is 2. The van der Waals surface area contributed by atoms with Gasteiger partial charge in [0.1, 0.15) is 18.0 Å². The Bertz CT molecular complexity index is 1560. The molecule has 2 aromatic carbocycles. The van der Waals surface area contributed by atoms with E-state index in [0.29, 0.717) is 22.4 Å². The minimum Gasteiger partial charge on any atom is -0.492 e. The van der Waals surface area contributed by atoms with Gasteiger partial charge in [0.05, 0.1) is 17.2 Å². The van der Waals surface area contributed by atoms with E-state index in [0.717, 1.165) is 22.2 Å². The molecule has 0 aliphatic heterocycles. The Morgan fingerprint density at radius 1 is 1.16 bits per heavy atom. The van der Waals surface area contributed by atoms with Gasteiger partial charge in [-0.1, -0.05) is 19.9 Å². The third kappa shape index (κ3) is 5.30. The van der Waals surface area contributed by atoms with E-state index in [9.17, 15) is 23.3 Å². The van der Waals surface area contributed by atoms with Gasteiger partial charge in [-0.15, -0.1) is 0 Å². The topological polar surface area (TPSA) is 150 Å². The number of benzene rings is 2. The van der Waals surface area contributed by atoms with Crippen LogP contribution in [-0.4, -0.2) is 44.0 Å². The smallest absolute Gasteiger partial charge is 0.422 e. The van der Waals surface area contributed by atoms with Gasteiger partial charge in [0.25, 0.3) is 0 Å². The number of ketones is 1. The lowest BCUT2D eigenvalue weighted by Crippen LogP contribution is -2.43. The maximum absolute atomic E-state index is 13.4. The Balaban J connectivity index is 1.48. The number of hydrogen-bond donors (Lipinski definition) is 3. The highest BCUT2D eigenvalue weighted by Gasteiger charge is 2.39. The lowest BCUT2D eigenvalue weighted by Gasteiger charge is -2.32. The molecule has 0 spiro atoms. The molecule has 1 heterocycles. The molecule has 10 nitrogen and oxygen atoms in total. The van der Waals surface area contributed by atoms with Crippen LogP contribution in [0.15, 0.2) is 36.4 Å². The van der Waals surface area contributed by atoms with Crippen LogP contribution in [0.2, 0.25) is 0 Å². The second-order valence-electron chi connectivity index (χ2n) is 10.3. The summed E-state index contributed by atoms with van der Waals surface area (Å²) < 4.78 is 38.8. The standard InChI is InChI=1S/C26H28N4O6S/c1-25(2,3)36-24(32)30-37(33,34)28-10-11-35-16-7-9-17-19(13-16)26(4,5)23-21(22(17)31)18-8-6-15(14-27)12-20(18)29-23/h6-9,12-13,28-29H,10-11H2,1-5H3,(H,30,32). The summed E-state index contributed by atoms with van der Waals surface area (Å²) in [6, 6.07) is 12.5. The highest BCUT2D eigenvalue weighted by molar-refractivity contribution is 7.88. The first-order chi connectivity index (χ1) is 17.2. The van der Waals surface area contributed by atoms with Crippen LogP contribution >= 0.6 is 0 Å². The zero-order valence-corrected chi connectivity index (χ0v) is 22.0. The van der Waals surface area contributed by atoms with Crippen LogP contribution in [-0.2, 0) is 20.4 Å². The molecule has 1 amide bonds. The maximum atomic E-state index is 13.4. The maximum Gasteiger partial charge on any atom is 0.422 e. The number of nitrogens with one attached hydrogen (secondary N) is 3. The first-order valence-electron chi connectivity index (χ1n) is 11.6. The van der Waals surface area contributed by atoms with Gasteiger partial charge in [-0.2, -0.15) is 18.4 Å². The molecule has 194 valence electrons. The summed E-state index contributed by atoms with van der Waals surface area (Å²) >= 11 is 0. The van der Waals surface area contributed by atoms with Gasteiger partial charge in [0, 0.05) is 34.1 Å². The van der Waals surface area contributed by atoms with Crippen molar-refractivity contribution >= 4 is 33.0 Å². The molecule has 0 saturated heterocycles. The van der Waals surface area contributed by atoms with Gasteiger partial charge in [0.2, 0.25) is 0 Å². The average Bonchev–Trinajstić information content (AvgIpc) is 3.19. The molecule has 1 aliphatic rings. The molecule has 0 unspecified atom stereocenters. The van der Waals surface area contributed by atoms with Crippen LogP contribution in [0.5, 0.6) is 5.75 Å². The fourth-order valence-corrected chi connectivity index (χ4v) is 5.04. The number of nitrogens with zero attached hydrogens (tertiary/aromatic N) is 1. The number of nitriles is 1.